The third-order valence-corrected chi connectivity index (χ3v) is 12.8. The van der Waals surface area contributed by atoms with Crippen LogP contribution in [0.1, 0.15) is 57.9 Å². The number of carbonyl (C=O) groups is 1. The molecule has 11 atom stereocenters. The Morgan fingerprint density at radius 3 is 2.56 bits per heavy atom. The average molecular weight is 456 g/mol. The van der Waals surface area contributed by atoms with E-state index in [0.717, 1.165) is 37.7 Å². The third kappa shape index (κ3) is 2.37. The van der Waals surface area contributed by atoms with Crippen molar-refractivity contribution in [2.45, 2.75) is 88.5 Å². The number of benzene rings is 1. The molecule has 6 heteroatoms. The summed E-state index contributed by atoms with van der Waals surface area (Å²) in [5.74, 6) is 2.45. The van der Waals surface area contributed by atoms with Crippen LogP contribution in [0.2, 0.25) is 0 Å². The first-order valence-corrected chi connectivity index (χ1v) is 13.9. The molecule has 2 saturated heterocycles. The lowest BCUT2D eigenvalue weighted by atomic mass is 9.45. The van der Waals surface area contributed by atoms with Gasteiger partial charge >= 0.3 is 0 Å². The Balaban J connectivity index is 1.17. The van der Waals surface area contributed by atoms with Crippen LogP contribution in [0.25, 0.3) is 0 Å². The van der Waals surface area contributed by atoms with Gasteiger partial charge in [-0.3, -0.25) is 4.79 Å². The van der Waals surface area contributed by atoms with E-state index in [1.807, 2.05) is 23.4 Å². The SMILES string of the molecule is Cc1ccc(S(=O)(=O)N2[C@@H]3C[C@@]4(C)[C@@H](CC[C@H]5[C@@H]6[C@@H]7O[C@@H]7C(=O)[C@@]6(C)CC[C@@H]54)C[C@@H]32)cc1. The first kappa shape index (κ1) is 20.2. The number of fused-ring (bicyclic) bond motifs is 8. The van der Waals surface area contributed by atoms with Crippen molar-refractivity contribution in [1.29, 1.82) is 0 Å². The van der Waals surface area contributed by atoms with E-state index in [1.54, 1.807) is 12.1 Å². The quantitative estimate of drug-likeness (QED) is 0.634. The summed E-state index contributed by atoms with van der Waals surface area (Å²) in [6, 6.07) is 7.61. The largest absolute Gasteiger partial charge is 0.361 e. The van der Waals surface area contributed by atoms with E-state index < -0.39 is 10.0 Å². The van der Waals surface area contributed by atoms with Crippen LogP contribution in [0.3, 0.4) is 0 Å². The summed E-state index contributed by atoms with van der Waals surface area (Å²) in [5.41, 5.74) is 1.06. The molecule has 0 bridgehead atoms. The summed E-state index contributed by atoms with van der Waals surface area (Å²) in [6.45, 7) is 6.63. The van der Waals surface area contributed by atoms with Crippen LogP contribution in [0.5, 0.6) is 0 Å². The highest BCUT2D eigenvalue weighted by molar-refractivity contribution is 7.89. The van der Waals surface area contributed by atoms with E-state index in [1.165, 1.54) is 6.42 Å². The lowest BCUT2D eigenvalue weighted by molar-refractivity contribution is -0.148. The molecular formula is C26H33NO4S. The van der Waals surface area contributed by atoms with Gasteiger partial charge in [-0.05, 0) is 80.8 Å². The van der Waals surface area contributed by atoms with Gasteiger partial charge < -0.3 is 4.74 Å². The number of aryl methyl sites for hydroxylation is 1. The first-order chi connectivity index (χ1) is 15.2. The molecule has 1 aromatic carbocycles. The van der Waals surface area contributed by atoms with Gasteiger partial charge in [-0.2, -0.15) is 4.31 Å². The predicted molar refractivity (Wildman–Crippen MR) is 119 cm³/mol. The molecule has 2 aliphatic heterocycles. The minimum Gasteiger partial charge on any atom is -0.361 e. The van der Waals surface area contributed by atoms with Gasteiger partial charge in [0.2, 0.25) is 10.0 Å². The second-order valence-electron chi connectivity index (χ2n) is 12.1. The maximum Gasteiger partial charge on any atom is 0.243 e. The van der Waals surface area contributed by atoms with Crippen molar-refractivity contribution in [3.8, 4) is 0 Å². The lowest BCUT2D eigenvalue weighted by Gasteiger charge is -2.59. The highest BCUT2D eigenvalue weighted by Crippen LogP contribution is 2.70. The molecule has 4 saturated carbocycles. The second-order valence-corrected chi connectivity index (χ2v) is 14.0. The van der Waals surface area contributed by atoms with Crippen molar-refractivity contribution in [1.82, 2.24) is 4.31 Å². The Labute approximate surface area is 190 Å². The first-order valence-electron chi connectivity index (χ1n) is 12.5. The Kier molecular flexibility index (Phi) is 3.81. The minimum absolute atomic E-state index is 0.122. The van der Waals surface area contributed by atoms with Gasteiger partial charge in [0, 0.05) is 23.4 Å². The zero-order chi connectivity index (χ0) is 22.2. The van der Waals surface area contributed by atoms with Gasteiger partial charge in [-0.1, -0.05) is 31.5 Å². The van der Waals surface area contributed by atoms with E-state index >= 15 is 0 Å². The minimum atomic E-state index is -3.43. The fourth-order valence-corrected chi connectivity index (χ4v) is 10.9. The molecule has 1 unspecified atom stereocenters. The summed E-state index contributed by atoms with van der Waals surface area (Å²) in [7, 11) is -3.43. The zero-order valence-electron chi connectivity index (χ0n) is 19.2. The Hall–Kier alpha value is -1.24. The van der Waals surface area contributed by atoms with Gasteiger partial charge in [0.15, 0.2) is 5.78 Å². The van der Waals surface area contributed by atoms with Crippen LogP contribution in [0, 0.1) is 41.4 Å². The van der Waals surface area contributed by atoms with Crippen LogP contribution in [-0.4, -0.2) is 42.8 Å². The fraction of sp³-hybridized carbons (Fsp3) is 0.731. The van der Waals surface area contributed by atoms with Crippen molar-refractivity contribution in [3.05, 3.63) is 29.8 Å². The number of sulfonamides is 1. The molecule has 0 spiro atoms. The van der Waals surface area contributed by atoms with Gasteiger partial charge in [-0.25, -0.2) is 8.42 Å². The van der Waals surface area contributed by atoms with E-state index in [-0.39, 0.29) is 35.1 Å². The number of Topliss-reactive ketones (excluding diaryl/α,β-unsaturated/α-hetero) is 1. The second kappa shape index (κ2) is 6.05. The standard InChI is InChI=1S/C26H33NO4S/c1-14-4-7-16(8-5-14)32(29,30)27-19-12-15-6-9-17-18(26(15,3)13-20(19)27)10-11-25(2)21(17)22-23(31-22)24(25)28/h4-5,7-8,15,17-23H,6,9-13H2,1-3H3/t15-,17+,18-,19-,20+,21+,22-,23-,25-,26-,27?/m0/s1. The van der Waals surface area contributed by atoms with Gasteiger partial charge in [0.25, 0.3) is 0 Å². The van der Waals surface area contributed by atoms with Crippen molar-refractivity contribution in [3.63, 3.8) is 0 Å². The fourth-order valence-electron chi connectivity index (χ4n) is 9.04. The molecule has 5 nitrogen and oxygen atoms in total. The maximum absolute atomic E-state index is 13.4. The topological polar surface area (TPSA) is 66.8 Å². The predicted octanol–water partition coefficient (Wildman–Crippen LogP) is 3.95. The monoisotopic (exact) mass is 455 g/mol. The smallest absolute Gasteiger partial charge is 0.243 e. The van der Waals surface area contributed by atoms with E-state index in [0.29, 0.717) is 34.4 Å². The lowest BCUT2D eigenvalue weighted by Crippen LogP contribution is -2.55. The molecular weight excluding hydrogens is 422 g/mol. The Morgan fingerprint density at radius 2 is 1.81 bits per heavy atom. The van der Waals surface area contributed by atoms with Crippen molar-refractivity contribution >= 4 is 15.8 Å². The van der Waals surface area contributed by atoms with E-state index in [4.69, 9.17) is 4.74 Å². The van der Waals surface area contributed by atoms with E-state index in [9.17, 15) is 13.2 Å². The van der Waals surface area contributed by atoms with Crippen LogP contribution < -0.4 is 0 Å². The third-order valence-electron chi connectivity index (χ3n) is 10.8. The number of ether oxygens (including phenoxy) is 1. The number of carbonyl (C=O) groups excluding carboxylic acids is 1. The number of rotatable bonds is 2. The van der Waals surface area contributed by atoms with Crippen molar-refractivity contribution in [2.24, 2.45) is 34.5 Å². The molecule has 7 rings (SSSR count). The zero-order valence-corrected chi connectivity index (χ0v) is 20.0. The average Bonchev–Trinajstić information content (AvgIpc) is 3.64. The molecule has 32 heavy (non-hydrogen) atoms. The van der Waals surface area contributed by atoms with Gasteiger partial charge in [0.1, 0.15) is 6.10 Å². The molecule has 172 valence electrons. The summed E-state index contributed by atoms with van der Waals surface area (Å²) >= 11 is 0. The van der Waals surface area contributed by atoms with Crippen molar-refractivity contribution < 1.29 is 17.9 Å². The summed E-state index contributed by atoms with van der Waals surface area (Å²) in [4.78, 5) is 13.3. The Morgan fingerprint density at radius 1 is 1.06 bits per heavy atom. The number of epoxide rings is 1. The number of hydrogen-bond acceptors (Lipinski definition) is 4. The summed E-state index contributed by atoms with van der Waals surface area (Å²) in [5, 5.41) is 0. The van der Waals surface area contributed by atoms with Crippen LogP contribution in [-0.2, 0) is 19.6 Å². The van der Waals surface area contributed by atoms with E-state index in [2.05, 4.69) is 13.8 Å². The van der Waals surface area contributed by atoms with Crippen molar-refractivity contribution in [2.75, 3.05) is 0 Å². The maximum atomic E-state index is 13.4. The van der Waals surface area contributed by atoms with Crippen LogP contribution >= 0.6 is 0 Å². The number of ketones is 1. The summed E-state index contributed by atoms with van der Waals surface area (Å²) < 4.78 is 34.5. The van der Waals surface area contributed by atoms with Crippen LogP contribution in [0.4, 0.5) is 0 Å². The highest BCUT2D eigenvalue weighted by atomic mass is 32.2. The molecule has 4 aliphatic carbocycles. The number of hydrogen-bond donors (Lipinski definition) is 0. The molecule has 6 fully saturated rings. The molecule has 0 N–H and O–H groups in total. The Bertz CT molecular complexity index is 1120. The molecule has 2 heterocycles. The normalized spacial score (nSPS) is 52.8. The van der Waals surface area contributed by atoms with Crippen LogP contribution in [0.15, 0.2) is 29.2 Å². The molecule has 1 aromatic rings. The number of nitrogens with zero attached hydrogens (tertiary/aromatic N) is 1. The van der Waals surface area contributed by atoms with Gasteiger partial charge in [0.05, 0.1) is 11.0 Å². The van der Waals surface area contributed by atoms with Gasteiger partial charge in [-0.15, -0.1) is 0 Å². The molecule has 0 amide bonds. The molecule has 0 radical (unpaired) electrons. The highest BCUT2D eigenvalue weighted by Gasteiger charge is 2.73. The molecule has 6 aliphatic rings. The summed E-state index contributed by atoms with van der Waals surface area (Å²) in [6.07, 6.45) is 6.44. The molecule has 0 aromatic heterocycles.